The lowest BCUT2D eigenvalue weighted by molar-refractivity contribution is 0.403. The number of anilines is 1. The molecule has 33 heavy (non-hydrogen) atoms. The fraction of sp³-hybridized carbons (Fsp3) is 0.0476. The molecule has 2 aromatic heterocycles. The summed E-state index contributed by atoms with van der Waals surface area (Å²) < 4.78 is 62.2. The molecule has 0 aliphatic rings. The fourth-order valence-electron chi connectivity index (χ4n) is 2.92. The van der Waals surface area contributed by atoms with Gasteiger partial charge in [0, 0.05) is 22.2 Å². The first-order valence-electron chi connectivity index (χ1n) is 9.04. The number of sulfonamides is 1. The van der Waals surface area contributed by atoms with E-state index in [4.69, 9.17) is 27.9 Å². The number of rotatable bonds is 4. The largest absolute Gasteiger partial charge is 0.494 e. The molecule has 0 radical (unpaired) electrons. The van der Waals surface area contributed by atoms with E-state index in [0.717, 1.165) is 18.2 Å². The second kappa shape index (κ2) is 8.86. The Kier molecular flexibility index (Phi) is 6.12. The number of nitrogens with zero attached hydrogens (tertiary/aromatic N) is 2. The van der Waals surface area contributed by atoms with Crippen LogP contribution in [0.25, 0.3) is 11.0 Å². The van der Waals surface area contributed by atoms with Crippen molar-refractivity contribution in [1.82, 2.24) is 15.2 Å². The Labute approximate surface area is 196 Å². The summed E-state index contributed by atoms with van der Waals surface area (Å²) in [4.78, 5) is 3.68. The number of aromatic amines is 1. The quantitative estimate of drug-likeness (QED) is 0.387. The number of pyridine rings is 1. The molecule has 12 heteroatoms. The molecule has 7 nitrogen and oxygen atoms in total. The maximum atomic E-state index is 15.0. The molecule has 168 valence electrons. The number of aromatic nitrogens is 3. The van der Waals surface area contributed by atoms with Crippen LogP contribution in [0.1, 0.15) is 11.1 Å². The van der Waals surface area contributed by atoms with Gasteiger partial charge >= 0.3 is 0 Å². The molecular formula is C21H12Cl2F2N4O3S. The molecule has 0 spiro atoms. The van der Waals surface area contributed by atoms with E-state index in [-0.39, 0.29) is 15.8 Å². The molecule has 0 amide bonds. The van der Waals surface area contributed by atoms with Crippen LogP contribution >= 0.6 is 23.2 Å². The van der Waals surface area contributed by atoms with Crippen molar-refractivity contribution in [3.8, 4) is 17.6 Å². The van der Waals surface area contributed by atoms with Crippen molar-refractivity contribution < 1.29 is 21.9 Å². The number of benzene rings is 2. The highest BCUT2D eigenvalue weighted by atomic mass is 35.5. The maximum absolute atomic E-state index is 15.0. The number of hydrogen-bond donors (Lipinski definition) is 2. The van der Waals surface area contributed by atoms with E-state index >= 15 is 4.39 Å². The normalized spacial score (nSPS) is 11.2. The average Bonchev–Trinajstić information content (AvgIpc) is 3.23. The van der Waals surface area contributed by atoms with Gasteiger partial charge in [-0.15, -0.1) is 0 Å². The molecule has 0 bridgehead atoms. The Bertz CT molecular complexity index is 1560. The standard InChI is InChI=1S/C21H12Cl2F2N4O3S/c1-32-20-15(23)7-13(22)8-18(20)33(30,31)29-17-5-4-16(24)14(19(17)25)3-2-11-6-12-10-27-28-21(12)26-9-11/h4-10,29H,1H3,(H,26,27,28). The second-order valence-electron chi connectivity index (χ2n) is 6.59. The van der Waals surface area contributed by atoms with Crippen LogP contribution < -0.4 is 9.46 Å². The molecule has 0 aliphatic heterocycles. The molecule has 0 unspecified atom stereocenters. The van der Waals surface area contributed by atoms with E-state index in [1.807, 2.05) is 0 Å². The lowest BCUT2D eigenvalue weighted by Gasteiger charge is -2.14. The van der Waals surface area contributed by atoms with Gasteiger partial charge in [-0.3, -0.25) is 9.82 Å². The van der Waals surface area contributed by atoms with Gasteiger partial charge in [0.05, 0.1) is 29.6 Å². The summed E-state index contributed by atoms with van der Waals surface area (Å²) in [6, 6.07) is 5.85. The number of fused-ring (bicyclic) bond motifs is 1. The number of methoxy groups -OCH3 is 1. The third-order valence-corrected chi connectivity index (χ3v) is 6.30. The summed E-state index contributed by atoms with van der Waals surface area (Å²) in [6.45, 7) is 0. The minimum absolute atomic E-state index is 0.0236. The zero-order chi connectivity index (χ0) is 23.8. The van der Waals surface area contributed by atoms with Crippen LogP contribution in [0.2, 0.25) is 10.0 Å². The molecule has 2 aromatic carbocycles. The van der Waals surface area contributed by atoms with E-state index in [2.05, 4.69) is 31.7 Å². The maximum Gasteiger partial charge on any atom is 0.265 e. The molecule has 4 rings (SSSR count). The Hall–Kier alpha value is -3.39. The molecule has 0 aliphatic carbocycles. The Balaban J connectivity index is 1.72. The zero-order valence-electron chi connectivity index (χ0n) is 16.6. The van der Waals surface area contributed by atoms with E-state index < -0.39 is 37.8 Å². The molecule has 2 heterocycles. The van der Waals surface area contributed by atoms with Gasteiger partial charge in [0.2, 0.25) is 0 Å². The van der Waals surface area contributed by atoms with Gasteiger partial charge in [-0.05, 0) is 30.3 Å². The monoisotopic (exact) mass is 508 g/mol. The predicted molar refractivity (Wildman–Crippen MR) is 120 cm³/mol. The number of halogens is 4. The van der Waals surface area contributed by atoms with E-state index in [9.17, 15) is 12.8 Å². The Morgan fingerprint density at radius 1 is 1.12 bits per heavy atom. The van der Waals surface area contributed by atoms with Crippen LogP contribution in [0.4, 0.5) is 14.5 Å². The van der Waals surface area contributed by atoms with Gasteiger partial charge in [0.25, 0.3) is 10.0 Å². The first kappa shape index (κ1) is 22.8. The molecule has 4 aromatic rings. The van der Waals surface area contributed by atoms with Crippen LogP contribution in [0.15, 0.2) is 47.6 Å². The first-order chi connectivity index (χ1) is 15.7. The highest BCUT2D eigenvalue weighted by Gasteiger charge is 2.25. The number of H-pyrrole nitrogens is 1. The number of ether oxygens (including phenoxy) is 1. The molecule has 0 fully saturated rings. The van der Waals surface area contributed by atoms with Crippen LogP contribution in [-0.2, 0) is 10.0 Å². The average molecular weight is 509 g/mol. The lowest BCUT2D eigenvalue weighted by Crippen LogP contribution is -2.16. The van der Waals surface area contributed by atoms with Crippen molar-refractivity contribution in [2.24, 2.45) is 0 Å². The lowest BCUT2D eigenvalue weighted by atomic mass is 10.1. The summed E-state index contributed by atoms with van der Waals surface area (Å²) in [6.07, 6.45) is 2.94. The van der Waals surface area contributed by atoms with E-state index in [1.165, 1.54) is 25.6 Å². The second-order valence-corrected chi connectivity index (χ2v) is 9.08. The van der Waals surface area contributed by atoms with Crippen LogP contribution in [0.5, 0.6) is 5.75 Å². The van der Waals surface area contributed by atoms with Gasteiger partial charge in [-0.2, -0.15) is 5.10 Å². The SMILES string of the molecule is COc1c(Cl)cc(Cl)cc1S(=O)(=O)Nc1ccc(F)c(C#Cc2cnc3[nH]ncc3c2)c1F. The molecule has 2 N–H and O–H groups in total. The summed E-state index contributed by atoms with van der Waals surface area (Å²) >= 11 is 11.9. The van der Waals surface area contributed by atoms with Crippen molar-refractivity contribution >= 4 is 49.9 Å². The summed E-state index contributed by atoms with van der Waals surface area (Å²) in [5.41, 5.74) is -0.237. The number of hydrogen-bond acceptors (Lipinski definition) is 5. The summed E-state index contributed by atoms with van der Waals surface area (Å²) in [5.74, 6) is 2.65. The summed E-state index contributed by atoms with van der Waals surface area (Å²) in [7, 11) is -3.19. The van der Waals surface area contributed by atoms with Gasteiger partial charge < -0.3 is 4.74 Å². The molecular weight excluding hydrogens is 497 g/mol. The first-order valence-corrected chi connectivity index (χ1v) is 11.3. The van der Waals surface area contributed by atoms with Gasteiger partial charge in [-0.1, -0.05) is 35.0 Å². The van der Waals surface area contributed by atoms with Crippen molar-refractivity contribution in [3.05, 3.63) is 75.5 Å². The topological polar surface area (TPSA) is 97.0 Å². The van der Waals surface area contributed by atoms with Crippen LogP contribution in [0.3, 0.4) is 0 Å². The van der Waals surface area contributed by atoms with Crippen molar-refractivity contribution in [1.29, 1.82) is 0 Å². The van der Waals surface area contributed by atoms with Crippen molar-refractivity contribution in [2.45, 2.75) is 4.90 Å². The molecule has 0 saturated heterocycles. The van der Waals surface area contributed by atoms with Crippen molar-refractivity contribution in [2.75, 3.05) is 11.8 Å². The van der Waals surface area contributed by atoms with E-state index in [0.29, 0.717) is 16.6 Å². The molecule has 0 saturated carbocycles. The minimum atomic E-state index is -4.41. The van der Waals surface area contributed by atoms with Gasteiger partial charge in [0.15, 0.2) is 17.2 Å². The zero-order valence-corrected chi connectivity index (χ0v) is 18.9. The Morgan fingerprint density at radius 2 is 1.91 bits per heavy atom. The Morgan fingerprint density at radius 3 is 2.67 bits per heavy atom. The predicted octanol–water partition coefficient (Wildman–Crippen LogP) is 4.75. The fourth-order valence-corrected chi connectivity index (χ4v) is 4.89. The van der Waals surface area contributed by atoms with Crippen molar-refractivity contribution in [3.63, 3.8) is 0 Å². The highest BCUT2D eigenvalue weighted by molar-refractivity contribution is 7.92. The van der Waals surface area contributed by atoms with Gasteiger partial charge in [-0.25, -0.2) is 22.2 Å². The number of nitrogens with one attached hydrogen (secondary N) is 2. The van der Waals surface area contributed by atoms with Gasteiger partial charge in [0.1, 0.15) is 10.7 Å². The molecule has 0 atom stereocenters. The smallest absolute Gasteiger partial charge is 0.265 e. The van der Waals surface area contributed by atoms with Crippen LogP contribution in [-0.4, -0.2) is 30.7 Å². The van der Waals surface area contributed by atoms with Crippen LogP contribution in [0, 0.1) is 23.5 Å². The third kappa shape index (κ3) is 4.57. The minimum Gasteiger partial charge on any atom is -0.494 e. The van der Waals surface area contributed by atoms with E-state index in [1.54, 1.807) is 6.07 Å². The highest BCUT2D eigenvalue weighted by Crippen LogP contribution is 2.36. The summed E-state index contributed by atoms with van der Waals surface area (Å²) in [5, 5.41) is 7.15. The third-order valence-electron chi connectivity index (χ3n) is 4.43.